The zero-order chi connectivity index (χ0) is 11.4. The van der Waals surface area contributed by atoms with E-state index in [2.05, 4.69) is 53.8 Å². The second-order valence-electron chi connectivity index (χ2n) is 3.84. The molecule has 16 heavy (non-hydrogen) atoms. The fourth-order valence-corrected chi connectivity index (χ4v) is 2.00. The normalized spacial score (nSPS) is 15.4. The maximum absolute atomic E-state index is 3.90. The monoisotopic (exact) mass is 211 g/mol. The first-order valence-electron chi connectivity index (χ1n) is 5.70. The Labute approximate surface area is 97.1 Å². The van der Waals surface area contributed by atoms with Gasteiger partial charge in [-0.25, -0.2) is 0 Å². The lowest BCUT2D eigenvalue weighted by atomic mass is 10.1. The number of rotatable bonds is 3. The summed E-state index contributed by atoms with van der Waals surface area (Å²) in [6.07, 6.45) is 17.1. The number of hydrogen-bond acceptors (Lipinski definition) is 0. The molecule has 0 saturated heterocycles. The fourth-order valence-electron chi connectivity index (χ4n) is 2.00. The van der Waals surface area contributed by atoms with Crippen molar-refractivity contribution in [3.63, 3.8) is 0 Å². The molecule has 0 radical (unpaired) electrons. The second-order valence-corrected chi connectivity index (χ2v) is 3.84. The van der Waals surface area contributed by atoms with Gasteiger partial charge >= 0.3 is 0 Å². The standard InChI is InChI=1S/C15H17N/c1-3-8-13-11-12-16(15(13)4-2)14-9-6-5-7-10-14/h3-4,6,8-12H,2,5,7H2,1H3/b8-3-. The summed E-state index contributed by atoms with van der Waals surface area (Å²) in [4.78, 5) is 0. The average molecular weight is 211 g/mol. The third kappa shape index (κ3) is 1.94. The van der Waals surface area contributed by atoms with Crippen LogP contribution in [0.2, 0.25) is 0 Å². The number of hydrogen-bond donors (Lipinski definition) is 0. The van der Waals surface area contributed by atoms with Gasteiger partial charge in [-0.15, -0.1) is 0 Å². The van der Waals surface area contributed by atoms with Gasteiger partial charge in [0.05, 0.1) is 5.69 Å². The summed E-state index contributed by atoms with van der Waals surface area (Å²) in [5, 5.41) is 0. The Morgan fingerprint density at radius 3 is 2.88 bits per heavy atom. The van der Waals surface area contributed by atoms with Crippen molar-refractivity contribution in [2.24, 2.45) is 0 Å². The van der Waals surface area contributed by atoms with E-state index < -0.39 is 0 Å². The lowest BCUT2D eigenvalue weighted by molar-refractivity contribution is 0.997. The van der Waals surface area contributed by atoms with Gasteiger partial charge in [-0.1, -0.05) is 30.9 Å². The Morgan fingerprint density at radius 2 is 2.25 bits per heavy atom. The molecular formula is C15H17N. The van der Waals surface area contributed by atoms with E-state index in [0.29, 0.717) is 0 Å². The van der Waals surface area contributed by atoms with Crippen LogP contribution in [0, 0.1) is 0 Å². The molecule has 1 heterocycles. The summed E-state index contributed by atoms with van der Waals surface area (Å²) in [5.74, 6) is 0. The summed E-state index contributed by atoms with van der Waals surface area (Å²) in [6, 6.07) is 2.13. The number of allylic oxidation sites excluding steroid dienone is 5. The van der Waals surface area contributed by atoms with Crippen molar-refractivity contribution in [2.75, 3.05) is 0 Å². The van der Waals surface area contributed by atoms with Crippen LogP contribution in [0.25, 0.3) is 17.8 Å². The van der Waals surface area contributed by atoms with Crippen LogP contribution >= 0.6 is 0 Å². The van der Waals surface area contributed by atoms with Gasteiger partial charge in [-0.05, 0) is 43.5 Å². The third-order valence-electron chi connectivity index (χ3n) is 2.75. The van der Waals surface area contributed by atoms with Crippen molar-refractivity contribution in [1.29, 1.82) is 0 Å². The van der Waals surface area contributed by atoms with E-state index >= 15 is 0 Å². The lowest BCUT2D eigenvalue weighted by Crippen LogP contribution is -1.98. The van der Waals surface area contributed by atoms with Gasteiger partial charge < -0.3 is 4.57 Å². The zero-order valence-corrected chi connectivity index (χ0v) is 9.69. The second kappa shape index (κ2) is 4.84. The molecule has 0 saturated carbocycles. The van der Waals surface area contributed by atoms with Crippen molar-refractivity contribution < 1.29 is 0 Å². The minimum Gasteiger partial charge on any atom is -0.317 e. The number of nitrogens with zero attached hydrogens (tertiary/aromatic N) is 1. The number of aromatic nitrogens is 1. The van der Waals surface area contributed by atoms with E-state index in [-0.39, 0.29) is 0 Å². The van der Waals surface area contributed by atoms with Crippen LogP contribution in [0.1, 0.15) is 31.0 Å². The first-order valence-corrected chi connectivity index (χ1v) is 5.70. The SMILES string of the molecule is C=Cc1c(/C=C\C)ccn1C1=CCCC=C1. The van der Waals surface area contributed by atoms with Gasteiger partial charge in [0, 0.05) is 11.9 Å². The van der Waals surface area contributed by atoms with Crippen molar-refractivity contribution in [2.45, 2.75) is 19.8 Å². The molecular weight excluding hydrogens is 194 g/mol. The molecule has 0 N–H and O–H groups in total. The largest absolute Gasteiger partial charge is 0.317 e. The summed E-state index contributed by atoms with van der Waals surface area (Å²) >= 11 is 0. The predicted octanol–water partition coefficient (Wildman–Crippen LogP) is 4.36. The van der Waals surface area contributed by atoms with E-state index in [0.717, 1.165) is 18.5 Å². The molecule has 82 valence electrons. The third-order valence-corrected chi connectivity index (χ3v) is 2.75. The summed E-state index contributed by atoms with van der Waals surface area (Å²) in [6.45, 7) is 5.93. The van der Waals surface area contributed by atoms with Gasteiger partial charge in [-0.2, -0.15) is 0 Å². The molecule has 0 bridgehead atoms. The van der Waals surface area contributed by atoms with Gasteiger partial charge in [0.25, 0.3) is 0 Å². The molecule has 1 aliphatic carbocycles. The summed E-state index contributed by atoms with van der Waals surface area (Å²) in [7, 11) is 0. The zero-order valence-electron chi connectivity index (χ0n) is 9.69. The van der Waals surface area contributed by atoms with Crippen LogP contribution < -0.4 is 0 Å². The maximum atomic E-state index is 3.90. The van der Waals surface area contributed by atoms with E-state index in [1.807, 2.05) is 13.0 Å². The summed E-state index contributed by atoms with van der Waals surface area (Å²) in [5.41, 5.74) is 3.63. The minimum atomic E-state index is 1.12. The molecule has 1 aromatic rings. The lowest BCUT2D eigenvalue weighted by Gasteiger charge is -2.11. The molecule has 0 aliphatic heterocycles. The Hall–Kier alpha value is -1.76. The van der Waals surface area contributed by atoms with Crippen molar-refractivity contribution in [3.05, 3.63) is 54.4 Å². The van der Waals surface area contributed by atoms with Gasteiger partial charge in [0.15, 0.2) is 0 Å². The van der Waals surface area contributed by atoms with Gasteiger partial charge in [-0.3, -0.25) is 0 Å². The molecule has 2 rings (SSSR count). The Kier molecular flexibility index (Phi) is 3.25. The van der Waals surface area contributed by atoms with E-state index in [1.54, 1.807) is 0 Å². The highest BCUT2D eigenvalue weighted by Gasteiger charge is 2.06. The molecule has 0 spiro atoms. The molecule has 0 fully saturated rings. The van der Waals surface area contributed by atoms with Crippen molar-refractivity contribution in [1.82, 2.24) is 4.57 Å². The van der Waals surface area contributed by atoms with Crippen LogP contribution in [0.4, 0.5) is 0 Å². The van der Waals surface area contributed by atoms with Gasteiger partial charge in [0.2, 0.25) is 0 Å². The Bertz CT molecular complexity index is 470. The van der Waals surface area contributed by atoms with Gasteiger partial charge in [0.1, 0.15) is 0 Å². The first-order chi connectivity index (χ1) is 7.86. The molecule has 0 amide bonds. The minimum absolute atomic E-state index is 1.12. The molecule has 1 heteroatoms. The highest BCUT2D eigenvalue weighted by Crippen LogP contribution is 2.22. The van der Waals surface area contributed by atoms with Crippen LogP contribution in [-0.2, 0) is 0 Å². The quantitative estimate of drug-likeness (QED) is 0.700. The highest BCUT2D eigenvalue weighted by molar-refractivity contribution is 5.70. The van der Waals surface area contributed by atoms with E-state index in [9.17, 15) is 0 Å². The van der Waals surface area contributed by atoms with Crippen molar-refractivity contribution >= 4 is 17.8 Å². The average Bonchev–Trinajstić information content (AvgIpc) is 2.73. The first kappa shape index (κ1) is 10.7. The highest BCUT2D eigenvalue weighted by atomic mass is 15.0. The summed E-state index contributed by atoms with van der Waals surface area (Å²) < 4.78 is 2.19. The molecule has 0 unspecified atom stereocenters. The van der Waals surface area contributed by atoms with E-state index in [4.69, 9.17) is 0 Å². The van der Waals surface area contributed by atoms with Crippen LogP contribution in [-0.4, -0.2) is 4.57 Å². The predicted molar refractivity (Wildman–Crippen MR) is 71.9 cm³/mol. The molecule has 1 nitrogen and oxygen atoms in total. The Morgan fingerprint density at radius 1 is 1.38 bits per heavy atom. The van der Waals surface area contributed by atoms with Crippen LogP contribution in [0.5, 0.6) is 0 Å². The smallest absolute Gasteiger partial charge is 0.0522 e. The fraction of sp³-hybridized carbons (Fsp3) is 0.200. The molecule has 1 aliphatic rings. The maximum Gasteiger partial charge on any atom is 0.0522 e. The van der Waals surface area contributed by atoms with E-state index in [1.165, 1.54) is 11.3 Å². The molecule has 0 aromatic carbocycles. The molecule has 1 aromatic heterocycles. The Balaban J connectivity index is 2.45. The van der Waals surface area contributed by atoms with Crippen molar-refractivity contribution in [3.8, 4) is 0 Å². The molecule has 0 atom stereocenters. The van der Waals surface area contributed by atoms with Crippen LogP contribution in [0.15, 0.2) is 43.1 Å². The van der Waals surface area contributed by atoms with Crippen LogP contribution in [0.3, 0.4) is 0 Å². The topological polar surface area (TPSA) is 4.93 Å².